The lowest BCUT2D eigenvalue weighted by Crippen LogP contribution is -2.43. The predicted molar refractivity (Wildman–Crippen MR) is 93.8 cm³/mol. The van der Waals surface area contributed by atoms with Gasteiger partial charge in [-0.05, 0) is 59.4 Å². The molecule has 0 atom stereocenters. The lowest BCUT2D eigenvalue weighted by molar-refractivity contribution is -0.0117. The molecule has 1 N–H and O–H groups in total. The van der Waals surface area contributed by atoms with E-state index in [1.807, 2.05) is 20.8 Å². The normalized spacial score (nSPS) is 16.9. The number of rotatable bonds is 8. The van der Waals surface area contributed by atoms with Crippen LogP contribution in [-0.2, 0) is 9.47 Å². The van der Waals surface area contributed by atoms with Crippen LogP contribution in [0.1, 0.15) is 66.7 Å². The van der Waals surface area contributed by atoms with Gasteiger partial charge in [-0.3, -0.25) is 0 Å². The van der Waals surface area contributed by atoms with Crippen molar-refractivity contribution >= 4 is 6.09 Å². The Labute approximate surface area is 142 Å². The lowest BCUT2D eigenvalue weighted by Gasteiger charge is -2.33. The number of nitrogens with zero attached hydrogens (tertiary/aromatic N) is 1. The first-order chi connectivity index (χ1) is 10.9. The van der Waals surface area contributed by atoms with Crippen molar-refractivity contribution in [3.05, 3.63) is 0 Å². The molecule has 0 aromatic rings. The minimum Gasteiger partial charge on any atom is -0.444 e. The molecule has 0 radical (unpaired) electrons. The molecule has 0 saturated carbocycles. The third-order valence-corrected chi connectivity index (χ3v) is 4.19. The van der Waals surface area contributed by atoms with E-state index in [9.17, 15) is 4.79 Å². The van der Waals surface area contributed by atoms with Gasteiger partial charge in [-0.15, -0.1) is 0 Å². The lowest BCUT2D eigenvalue weighted by atomic mass is 10.1. The minimum absolute atomic E-state index is 0.203. The first kappa shape index (κ1) is 20.2. The zero-order chi connectivity index (χ0) is 17.3. The van der Waals surface area contributed by atoms with E-state index in [1.165, 1.54) is 12.8 Å². The van der Waals surface area contributed by atoms with Crippen molar-refractivity contribution in [1.82, 2.24) is 10.2 Å². The van der Waals surface area contributed by atoms with Gasteiger partial charge in [0.1, 0.15) is 5.60 Å². The number of hydrogen-bond acceptors (Lipinski definition) is 4. The van der Waals surface area contributed by atoms with Gasteiger partial charge in [-0.2, -0.15) is 0 Å². The summed E-state index contributed by atoms with van der Waals surface area (Å²) in [6.07, 6.45) is 5.29. The highest BCUT2D eigenvalue weighted by Crippen LogP contribution is 2.17. The maximum atomic E-state index is 12.0. The second-order valence-electron chi connectivity index (χ2n) is 7.36. The molecule has 1 heterocycles. The highest BCUT2D eigenvalue weighted by molar-refractivity contribution is 5.68. The molecule has 1 fully saturated rings. The summed E-state index contributed by atoms with van der Waals surface area (Å²) in [5.41, 5.74) is -0.424. The molecule has 0 aromatic heterocycles. The first-order valence-corrected chi connectivity index (χ1v) is 9.18. The Morgan fingerprint density at radius 3 is 2.35 bits per heavy atom. The number of hydrogen-bond donors (Lipinski definition) is 1. The summed E-state index contributed by atoms with van der Waals surface area (Å²) in [7, 11) is 0. The Hall–Kier alpha value is -0.810. The molecule has 1 rings (SSSR count). The highest BCUT2D eigenvalue weighted by atomic mass is 16.6. The summed E-state index contributed by atoms with van der Waals surface area (Å²) >= 11 is 0. The molecule has 0 aromatic carbocycles. The summed E-state index contributed by atoms with van der Waals surface area (Å²) in [5.74, 6) is 0. The minimum atomic E-state index is -0.424. The number of amides is 1. The number of likely N-dealkylation sites (tertiary alicyclic amines) is 1. The van der Waals surface area contributed by atoms with Gasteiger partial charge in [0, 0.05) is 25.7 Å². The van der Waals surface area contributed by atoms with Gasteiger partial charge >= 0.3 is 6.09 Å². The number of nitrogens with one attached hydrogen (secondary N) is 1. The van der Waals surface area contributed by atoms with Crippen molar-refractivity contribution in [2.45, 2.75) is 84.5 Å². The van der Waals surface area contributed by atoms with Crippen molar-refractivity contribution < 1.29 is 14.3 Å². The number of carbonyl (C=O) groups excluding carboxylic acids is 1. The van der Waals surface area contributed by atoms with Gasteiger partial charge in [0.05, 0.1) is 6.10 Å². The monoisotopic (exact) mass is 328 g/mol. The van der Waals surface area contributed by atoms with Crippen LogP contribution in [0.5, 0.6) is 0 Å². The zero-order valence-electron chi connectivity index (χ0n) is 15.7. The third kappa shape index (κ3) is 8.56. The van der Waals surface area contributed by atoms with Crippen molar-refractivity contribution in [2.24, 2.45) is 0 Å². The Balaban J connectivity index is 2.11. The van der Waals surface area contributed by atoms with Crippen LogP contribution in [0.3, 0.4) is 0 Å². The van der Waals surface area contributed by atoms with E-state index in [1.54, 1.807) is 4.90 Å². The summed E-state index contributed by atoms with van der Waals surface area (Å²) in [6.45, 7) is 13.4. The standard InChI is InChI=1S/C18H36N2O3/c1-6-15(7-2)19-11-8-14-22-16-9-12-20(13-10-16)17(21)23-18(3,4)5/h15-16,19H,6-14H2,1-5H3. The van der Waals surface area contributed by atoms with Crippen LogP contribution in [0.4, 0.5) is 4.79 Å². The topological polar surface area (TPSA) is 50.8 Å². The van der Waals surface area contributed by atoms with Gasteiger partial charge in [0.2, 0.25) is 0 Å². The van der Waals surface area contributed by atoms with E-state index in [2.05, 4.69) is 19.2 Å². The summed E-state index contributed by atoms with van der Waals surface area (Å²) in [6, 6.07) is 0.632. The fourth-order valence-electron chi connectivity index (χ4n) is 2.74. The van der Waals surface area contributed by atoms with Crippen LogP contribution in [0.15, 0.2) is 0 Å². The fraction of sp³-hybridized carbons (Fsp3) is 0.944. The average Bonchev–Trinajstić information content (AvgIpc) is 2.50. The highest BCUT2D eigenvalue weighted by Gasteiger charge is 2.26. The van der Waals surface area contributed by atoms with Gasteiger partial charge in [0.25, 0.3) is 0 Å². The van der Waals surface area contributed by atoms with E-state index in [0.717, 1.165) is 45.5 Å². The van der Waals surface area contributed by atoms with Crippen molar-refractivity contribution in [1.29, 1.82) is 0 Å². The van der Waals surface area contributed by atoms with E-state index in [-0.39, 0.29) is 12.2 Å². The van der Waals surface area contributed by atoms with E-state index in [4.69, 9.17) is 9.47 Å². The smallest absolute Gasteiger partial charge is 0.410 e. The molecular formula is C18H36N2O3. The van der Waals surface area contributed by atoms with Crippen LogP contribution in [0.25, 0.3) is 0 Å². The molecule has 1 saturated heterocycles. The van der Waals surface area contributed by atoms with Gasteiger partial charge in [0.15, 0.2) is 0 Å². The second-order valence-corrected chi connectivity index (χ2v) is 7.36. The van der Waals surface area contributed by atoms with Crippen LogP contribution in [0, 0.1) is 0 Å². The van der Waals surface area contributed by atoms with Crippen LogP contribution < -0.4 is 5.32 Å². The molecule has 23 heavy (non-hydrogen) atoms. The Morgan fingerprint density at radius 1 is 1.22 bits per heavy atom. The molecule has 0 unspecified atom stereocenters. The van der Waals surface area contributed by atoms with Gasteiger partial charge in [-0.1, -0.05) is 13.8 Å². The molecule has 0 bridgehead atoms. The summed E-state index contributed by atoms with van der Waals surface area (Å²) < 4.78 is 11.3. The molecule has 5 heteroatoms. The number of ether oxygens (including phenoxy) is 2. The van der Waals surface area contributed by atoms with E-state index >= 15 is 0 Å². The van der Waals surface area contributed by atoms with Crippen LogP contribution in [0.2, 0.25) is 0 Å². The maximum Gasteiger partial charge on any atom is 0.410 e. The molecule has 1 aliphatic heterocycles. The summed E-state index contributed by atoms with van der Waals surface area (Å²) in [4.78, 5) is 13.8. The zero-order valence-corrected chi connectivity index (χ0v) is 15.7. The van der Waals surface area contributed by atoms with Crippen LogP contribution in [-0.4, -0.2) is 55.0 Å². The number of piperidine rings is 1. The predicted octanol–water partition coefficient (Wildman–Crippen LogP) is 3.57. The average molecular weight is 328 g/mol. The fourth-order valence-corrected chi connectivity index (χ4v) is 2.74. The Morgan fingerprint density at radius 2 is 1.83 bits per heavy atom. The molecular weight excluding hydrogens is 292 g/mol. The Kier molecular flexibility index (Phi) is 8.92. The molecule has 1 amide bonds. The van der Waals surface area contributed by atoms with Crippen molar-refractivity contribution in [3.8, 4) is 0 Å². The molecule has 5 nitrogen and oxygen atoms in total. The molecule has 0 spiro atoms. The largest absolute Gasteiger partial charge is 0.444 e. The van der Waals surface area contributed by atoms with E-state index < -0.39 is 5.60 Å². The van der Waals surface area contributed by atoms with Crippen molar-refractivity contribution in [2.75, 3.05) is 26.2 Å². The molecule has 1 aliphatic rings. The second kappa shape index (κ2) is 10.1. The maximum absolute atomic E-state index is 12.0. The molecule has 0 aliphatic carbocycles. The Bertz CT molecular complexity index is 330. The third-order valence-electron chi connectivity index (χ3n) is 4.19. The summed E-state index contributed by atoms with van der Waals surface area (Å²) in [5, 5.41) is 3.55. The molecule has 136 valence electrons. The van der Waals surface area contributed by atoms with Gasteiger partial charge < -0.3 is 19.7 Å². The van der Waals surface area contributed by atoms with Gasteiger partial charge in [-0.25, -0.2) is 4.79 Å². The quantitative estimate of drug-likeness (QED) is 0.692. The SMILES string of the molecule is CCC(CC)NCCCOC1CCN(C(=O)OC(C)(C)C)CC1. The van der Waals surface area contributed by atoms with E-state index in [0.29, 0.717) is 6.04 Å². The first-order valence-electron chi connectivity index (χ1n) is 9.18. The van der Waals surface area contributed by atoms with Crippen LogP contribution >= 0.6 is 0 Å². The van der Waals surface area contributed by atoms with Crippen molar-refractivity contribution in [3.63, 3.8) is 0 Å². The number of carbonyl (C=O) groups is 1.